The first kappa shape index (κ1) is 17.8. The first-order valence-electron chi connectivity index (χ1n) is 7.38. The summed E-state index contributed by atoms with van der Waals surface area (Å²) in [6.45, 7) is 5.38. The number of methoxy groups -OCH3 is 1. The normalized spacial score (nSPS) is 10.7. The third-order valence-corrected chi connectivity index (χ3v) is 3.90. The summed E-state index contributed by atoms with van der Waals surface area (Å²) in [5.74, 6) is 3.02. The number of ether oxygens (including phenoxy) is 1. The Balaban J connectivity index is 2.99. The molecule has 0 atom stereocenters. The zero-order valence-corrected chi connectivity index (χ0v) is 13.7. The second kappa shape index (κ2) is 7.65. The van der Waals surface area contributed by atoms with Gasteiger partial charge in [0.2, 0.25) is 5.91 Å². The maximum atomic E-state index is 12.3. The van der Waals surface area contributed by atoms with Gasteiger partial charge in [0.15, 0.2) is 5.78 Å². The highest BCUT2D eigenvalue weighted by Crippen LogP contribution is 2.22. The molecule has 4 heteroatoms. The Morgan fingerprint density at radius 1 is 1.32 bits per heavy atom. The number of amides is 1. The van der Waals surface area contributed by atoms with Crippen LogP contribution in [0.3, 0.4) is 0 Å². The van der Waals surface area contributed by atoms with Crippen molar-refractivity contribution >= 4 is 11.7 Å². The molecule has 0 saturated carbocycles. The van der Waals surface area contributed by atoms with Crippen molar-refractivity contribution in [3.05, 3.63) is 29.3 Å². The lowest BCUT2D eigenvalue weighted by molar-refractivity contribution is -0.121. The van der Waals surface area contributed by atoms with Crippen molar-refractivity contribution in [2.75, 3.05) is 7.11 Å². The summed E-state index contributed by atoms with van der Waals surface area (Å²) in [5, 5.41) is 2.91. The molecule has 1 amide bonds. The summed E-state index contributed by atoms with van der Waals surface area (Å²) in [5.41, 5.74) is 0.603. The maximum Gasteiger partial charge on any atom is 0.225 e. The molecule has 0 fully saturated rings. The molecule has 0 radical (unpaired) electrons. The molecular formula is C18H23NO3. The molecule has 0 aromatic heterocycles. The van der Waals surface area contributed by atoms with E-state index in [0.717, 1.165) is 0 Å². The Bertz CT molecular complexity index is 595. The number of nitrogens with one attached hydrogen (secondary N) is 1. The van der Waals surface area contributed by atoms with Gasteiger partial charge in [-0.1, -0.05) is 19.8 Å². The Labute approximate surface area is 132 Å². The molecule has 0 aliphatic heterocycles. The van der Waals surface area contributed by atoms with E-state index >= 15 is 0 Å². The largest absolute Gasteiger partial charge is 0.496 e. The topological polar surface area (TPSA) is 55.4 Å². The average Bonchev–Trinajstić information content (AvgIpc) is 2.52. The molecule has 0 heterocycles. The number of benzene rings is 1. The number of terminal acetylenes is 1. The maximum absolute atomic E-state index is 12.3. The van der Waals surface area contributed by atoms with Crippen LogP contribution in [0.25, 0.3) is 0 Å². The Morgan fingerprint density at radius 2 is 1.95 bits per heavy atom. The summed E-state index contributed by atoms with van der Waals surface area (Å²) in [4.78, 5) is 23.8. The van der Waals surface area contributed by atoms with Crippen LogP contribution >= 0.6 is 0 Å². The van der Waals surface area contributed by atoms with Crippen LogP contribution in [0.15, 0.2) is 18.2 Å². The molecule has 118 valence electrons. The van der Waals surface area contributed by atoms with E-state index in [1.165, 1.54) is 14.0 Å². The summed E-state index contributed by atoms with van der Waals surface area (Å²) >= 11 is 0. The number of hydrogen-bond acceptors (Lipinski definition) is 3. The van der Waals surface area contributed by atoms with Crippen molar-refractivity contribution < 1.29 is 14.3 Å². The van der Waals surface area contributed by atoms with Crippen molar-refractivity contribution in [1.29, 1.82) is 0 Å². The van der Waals surface area contributed by atoms with Gasteiger partial charge in [0.1, 0.15) is 11.3 Å². The number of carbonyl (C=O) groups excluding carboxylic acids is 2. The Morgan fingerprint density at radius 3 is 2.41 bits per heavy atom. The van der Waals surface area contributed by atoms with E-state index in [0.29, 0.717) is 29.7 Å². The van der Waals surface area contributed by atoms with Crippen LogP contribution < -0.4 is 10.1 Å². The molecular weight excluding hydrogens is 278 g/mol. The first-order chi connectivity index (χ1) is 10.4. The highest BCUT2D eigenvalue weighted by molar-refractivity contribution is 5.94. The summed E-state index contributed by atoms with van der Waals surface area (Å²) in [6, 6.07) is 5.08. The molecule has 0 bridgehead atoms. The molecule has 0 saturated heterocycles. The van der Waals surface area contributed by atoms with Crippen molar-refractivity contribution in [2.45, 2.75) is 45.6 Å². The molecule has 0 unspecified atom stereocenters. The average molecular weight is 301 g/mol. The molecule has 4 nitrogen and oxygen atoms in total. The molecule has 0 aliphatic rings. The fourth-order valence-electron chi connectivity index (χ4n) is 2.29. The first-order valence-corrected chi connectivity index (χ1v) is 7.38. The highest BCUT2D eigenvalue weighted by atomic mass is 16.5. The minimum absolute atomic E-state index is 0.0515. The van der Waals surface area contributed by atoms with Gasteiger partial charge in [-0.15, -0.1) is 6.42 Å². The van der Waals surface area contributed by atoms with Crippen LogP contribution in [0, 0.1) is 12.3 Å². The number of hydrogen-bond donors (Lipinski definition) is 1. The number of rotatable bonds is 7. The third-order valence-electron chi connectivity index (χ3n) is 3.90. The lowest BCUT2D eigenvalue weighted by Crippen LogP contribution is -2.47. The SMILES string of the molecule is C#CC(CC)(CC)NC(=O)Cc1cc(C(C)=O)ccc1OC. The molecule has 0 spiro atoms. The van der Waals surface area contributed by atoms with Crippen LogP contribution in [0.2, 0.25) is 0 Å². The monoisotopic (exact) mass is 301 g/mol. The second-order valence-corrected chi connectivity index (χ2v) is 5.24. The van der Waals surface area contributed by atoms with Gasteiger partial charge in [0.25, 0.3) is 0 Å². The number of ketones is 1. The Kier molecular flexibility index (Phi) is 6.18. The molecule has 22 heavy (non-hydrogen) atoms. The third kappa shape index (κ3) is 4.11. The molecule has 1 aromatic carbocycles. The van der Waals surface area contributed by atoms with Crippen molar-refractivity contribution in [3.8, 4) is 18.1 Å². The van der Waals surface area contributed by atoms with Crippen LogP contribution in [-0.2, 0) is 11.2 Å². The van der Waals surface area contributed by atoms with Gasteiger partial charge in [-0.05, 0) is 38.0 Å². The van der Waals surface area contributed by atoms with Crippen molar-refractivity contribution in [3.63, 3.8) is 0 Å². The smallest absolute Gasteiger partial charge is 0.225 e. The summed E-state index contributed by atoms with van der Waals surface area (Å²) in [7, 11) is 1.54. The minimum atomic E-state index is -0.623. The molecule has 1 aromatic rings. The fraction of sp³-hybridized carbons (Fsp3) is 0.444. The predicted molar refractivity (Wildman–Crippen MR) is 87.0 cm³/mol. The van der Waals surface area contributed by atoms with Gasteiger partial charge in [-0.2, -0.15) is 0 Å². The van der Waals surface area contributed by atoms with E-state index in [-0.39, 0.29) is 18.1 Å². The van der Waals surface area contributed by atoms with Gasteiger partial charge < -0.3 is 10.1 Å². The van der Waals surface area contributed by atoms with Gasteiger partial charge in [-0.25, -0.2) is 0 Å². The van der Waals surface area contributed by atoms with E-state index in [9.17, 15) is 9.59 Å². The summed E-state index contributed by atoms with van der Waals surface area (Å²) < 4.78 is 5.26. The standard InChI is InChI=1S/C18H23NO3/c1-6-18(7-2,8-3)19-17(21)12-15-11-14(13(4)20)9-10-16(15)22-5/h1,9-11H,7-8,12H2,2-5H3,(H,19,21). The molecule has 0 aliphatic carbocycles. The molecule has 1 N–H and O–H groups in total. The van der Waals surface area contributed by atoms with Crippen LogP contribution in [0.1, 0.15) is 49.5 Å². The number of carbonyl (C=O) groups is 2. The van der Waals surface area contributed by atoms with Crippen LogP contribution in [0.4, 0.5) is 0 Å². The quantitative estimate of drug-likeness (QED) is 0.622. The highest BCUT2D eigenvalue weighted by Gasteiger charge is 2.25. The summed E-state index contributed by atoms with van der Waals surface area (Å²) in [6.07, 6.45) is 7.00. The van der Waals surface area contributed by atoms with Gasteiger partial charge >= 0.3 is 0 Å². The molecule has 1 rings (SSSR count). The second-order valence-electron chi connectivity index (χ2n) is 5.24. The van der Waals surface area contributed by atoms with Gasteiger partial charge in [0.05, 0.1) is 13.5 Å². The van der Waals surface area contributed by atoms with Crippen LogP contribution in [-0.4, -0.2) is 24.3 Å². The van der Waals surface area contributed by atoms with Crippen molar-refractivity contribution in [1.82, 2.24) is 5.32 Å². The van der Waals surface area contributed by atoms with E-state index < -0.39 is 5.54 Å². The van der Waals surface area contributed by atoms with E-state index in [1.54, 1.807) is 18.2 Å². The zero-order chi connectivity index (χ0) is 16.8. The predicted octanol–water partition coefficient (Wildman–Crippen LogP) is 2.75. The minimum Gasteiger partial charge on any atom is -0.496 e. The van der Waals surface area contributed by atoms with Gasteiger partial charge in [-0.3, -0.25) is 9.59 Å². The fourth-order valence-corrected chi connectivity index (χ4v) is 2.29. The zero-order valence-electron chi connectivity index (χ0n) is 13.7. The van der Waals surface area contributed by atoms with Gasteiger partial charge in [0, 0.05) is 11.1 Å². The van der Waals surface area contributed by atoms with E-state index in [1.807, 2.05) is 13.8 Å². The lowest BCUT2D eigenvalue weighted by atomic mass is 9.93. The lowest BCUT2D eigenvalue weighted by Gasteiger charge is -2.27. The Hall–Kier alpha value is -2.28. The van der Waals surface area contributed by atoms with Crippen LogP contribution in [0.5, 0.6) is 5.75 Å². The number of Topliss-reactive ketones (excluding diaryl/α,β-unsaturated/α-hetero) is 1. The van der Waals surface area contributed by atoms with Crippen molar-refractivity contribution in [2.24, 2.45) is 0 Å². The van der Waals surface area contributed by atoms with E-state index in [2.05, 4.69) is 11.2 Å². The van der Waals surface area contributed by atoms with E-state index in [4.69, 9.17) is 11.2 Å².